The molecule has 0 bridgehead atoms. The predicted molar refractivity (Wildman–Crippen MR) is 105 cm³/mol. The van der Waals surface area contributed by atoms with Crippen LogP contribution in [0.4, 0.5) is 0 Å². The second-order valence-electron chi connectivity index (χ2n) is 6.88. The Balaban J connectivity index is 1.60. The molecule has 2 aromatic carbocycles. The molecule has 0 saturated carbocycles. The summed E-state index contributed by atoms with van der Waals surface area (Å²) in [4.78, 5) is 0. The number of benzene rings is 2. The van der Waals surface area contributed by atoms with E-state index in [1.54, 1.807) is 0 Å². The summed E-state index contributed by atoms with van der Waals surface area (Å²) < 4.78 is 6.18. The van der Waals surface area contributed by atoms with Crippen molar-refractivity contribution < 1.29 is 4.74 Å². The second kappa shape index (κ2) is 8.07. The first-order chi connectivity index (χ1) is 12.1. The number of hydrogen-bond acceptors (Lipinski definition) is 2. The summed E-state index contributed by atoms with van der Waals surface area (Å²) in [5.41, 5.74) is 4.47. The van der Waals surface area contributed by atoms with Crippen molar-refractivity contribution >= 4 is 17.3 Å². The van der Waals surface area contributed by atoms with Gasteiger partial charge in [0.1, 0.15) is 0 Å². The first-order valence-electron chi connectivity index (χ1n) is 8.99. The normalized spacial score (nSPS) is 22.8. The monoisotopic (exact) mass is 355 g/mol. The first kappa shape index (κ1) is 18.0. The minimum absolute atomic E-state index is 0.217. The lowest BCUT2D eigenvalue weighted by atomic mass is 9.95. The van der Waals surface area contributed by atoms with E-state index in [2.05, 4.69) is 50.0 Å². The van der Waals surface area contributed by atoms with Crippen molar-refractivity contribution in [3.8, 4) is 0 Å². The van der Waals surface area contributed by atoms with Gasteiger partial charge in [0.15, 0.2) is 0 Å². The van der Waals surface area contributed by atoms with Gasteiger partial charge in [0.2, 0.25) is 0 Å². The van der Waals surface area contributed by atoms with Crippen LogP contribution in [-0.4, -0.2) is 6.10 Å². The third kappa shape index (κ3) is 4.45. The van der Waals surface area contributed by atoms with E-state index in [1.807, 2.05) is 24.3 Å². The zero-order valence-electron chi connectivity index (χ0n) is 15.0. The van der Waals surface area contributed by atoms with E-state index in [1.165, 1.54) is 11.1 Å². The minimum atomic E-state index is 0.217. The summed E-state index contributed by atoms with van der Waals surface area (Å²) >= 11 is 5.92. The maximum atomic E-state index is 6.18. The molecule has 0 unspecified atom stereocenters. The van der Waals surface area contributed by atoms with Crippen LogP contribution in [0.2, 0.25) is 5.02 Å². The van der Waals surface area contributed by atoms with Gasteiger partial charge in [-0.3, -0.25) is 0 Å². The molecule has 3 atom stereocenters. The van der Waals surface area contributed by atoms with Crippen molar-refractivity contribution in [2.45, 2.75) is 45.4 Å². The van der Waals surface area contributed by atoms with E-state index in [-0.39, 0.29) is 6.10 Å². The lowest BCUT2D eigenvalue weighted by Gasteiger charge is -2.17. The van der Waals surface area contributed by atoms with Gasteiger partial charge in [-0.25, -0.2) is 0 Å². The summed E-state index contributed by atoms with van der Waals surface area (Å²) in [5, 5.41) is 4.14. The highest BCUT2D eigenvalue weighted by Crippen LogP contribution is 2.39. The van der Waals surface area contributed by atoms with Crippen LogP contribution in [0.15, 0.2) is 55.1 Å². The molecule has 132 valence electrons. The van der Waals surface area contributed by atoms with E-state index >= 15 is 0 Å². The number of halogens is 1. The van der Waals surface area contributed by atoms with Crippen LogP contribution in [0.5, 0.6) is 0 Å². The standard InChI is InChI=1S/C22H26ClNO/c1-4-21-13-15(2)22(25-21)19-9-7-18(8-10-19)16(3)24-14-17-5-11-20(23)12-6-17/h5-12,15,21-22,24H,3-4,13-14H2,1-2H3/t15-,21+,22-/m1/s1. The zero-order valence-corrected chi connectivity index (χ0v) is 15.7. The topological polar surface area (TPSA) is 21.3 Å². The van der Waals surface area contributed by atoms with Crippen LogP contribution in [0.3, 0.4) is 0 Å². The van der Waals surface area contributed by atoms with Crippen LogP contribution >= 0.6 is 11.6 Å². The van der Waals surface area contributed by atoms with Crippen LogP contribution in [0.25, 0.3) is 5.70 Å². The molecular formula is C22H26ClNO. The predicted octanol–water partition coefficient (Wildman–Crippen LogP) is 5.98. The number of ether oxygens (including phenoxy) is 1. The lowest BCUT2D eigenvalue weighted by Crippen LogP contribution is -2.11. The van der Waals surface area contributed by atoms with Gasteiger partial charge in [0, 0.05) is 17.3 Å². The summed E-state index contributed by atoms with van der Waals surface area (Å²) in [6, 6.07) is 16.4. The van der Waals surface area contributed by atoms with Gasteiger partial charge >= 0.3 is 0 Å². The molecule has 2 aromatic rings. The van der Waals surface area contributed by atoms with Crippen LogP contribution in [0, 0.1) is 5.92 Å². The molecule has 0 radical (unpaired) electrons. The molecule has 1 N–H and O–H groups in total. The Hall–Kier alpha value is -1.77. The maximum Gasteiger partial charge on any atom is 0.0855 e. The second-order valence-corrected chi connectivity index (χ2v) is 7.32. The Labute approximate surface area is 155 Å². The van der Waals surface area contributed by atoms with Gasteiger partial charge in [0.25, 0.3) is 0 Å². The van der Waals surface area contributed by atoms with Crippen molar-refractivity contribution in [3.63, 3.8) is 0 Å². The van der Waals surface area contributed by atoms with E-state index in [9.17, 15) is 0 Å². The molecule has 1 heterocycles. The fourth-order valence-electron chi connectivity index (χ4n) is 3.39. The van der Waals surface area contributed by atoms with Crippen molar-refractivity contribution in [3.05, 3.63) is 76.8 Å². The van der Waals surface area contributed by atoms with Crippen molar-refractivity contribution in [1.82, 2.24) is 5.32 Å². The SMILES string of the molecule is C=C(NCc1ccc(Cl)cc1)c1ccc([C@@H]2O[C@@H](CC)C[C@H]2C)cc1. The third-order valence-electron chi connectivity index (χ3n) is 4.95. The fourth-order valence-corrected chi connectivity index (χ4v) is 3.52. The average molecular weight is 356 g/mol. The van der Waals surface area contributed by atoms with Gasteiger partial charge in [-0.1, -0.05) is 68.4 Å². The van der Waals surface area contributed by atoms with Gasteiger partial charge in [-0.2, -0.15) is 0 Å². The maximum absolute atomic E-state index is 6.18. The number of hydrogen-bond donors (Lipinski definition) is 1. The minimum Gasteiger partial charge on any atom is -0.381 e. The highest BCUT2D eigenvalue weighted by Gasteiger charge is 2.32. The Morgan fingerprint density at radius 3 is 2.44 bits per heavy atom. The molecule has 1 aliphatic heterocycles. The molecule has 0 spiro atoms. The molecule has 1 fully saturated rings. The van der Waals surface area contributed by atoms with E-state index in [0.717, 1.165) is 35.7 Å². The molecule has 0 aliphatic carbocycles. The summed E-state index contributed by atoms with van der Waals surface area (Å²) in [7, 11) is 0. The van der Waals surface area contributed by atoms with Gasteiger partial charge < -0.3 is 10.1 Å². The smallest absolute Gasteiger partial charge is 0.0855 e. The van der Waals surface area contributed by atoms with Crippen molar-refractivity contribution in [1.29, 1.82) is 0 Å². The molecule has 2 nitrogen and oxygen atoms in total. The summed E-state index contributed by atoms with van der Waals surface area (Å²) in [6.07, 6.45) is 2.85. The molecule has 1 aliphatic rings. The molecule has 0 amide bonds. The van der Waals surface area contributed by atoms with E-state index in [0.29, 0.717) is 12.0 Å². The highest BCUT2D eigenvalue weighted by molar-refractivity contribution is 6.30. The zero-order chi connectivity index (χ0) is 17.8. The number of nitrogens with one attached hydrogen (secondary N) is 1. The van der Waals surface area contributed by atoms with E-state index in [4.69, 9.17) is 16.3 Å². The van der Waals surface area contributed by atoms with Crippen LogP contribution in [-0.2, 0) is 11.3 Å². The summed E-state index contributed by atoms with van der Waals surface area (Å²) in [6.45, 7) is 9.36. The molecular weight excluding hydrogens is 330 g/mol. The van der Waals surface area contributed by atoms with Gasteiger partial charge in [0.05, 0.1) is 12.2 Å². The quantitative estimate of drug-likeness (QED) is 0.688. The molecule has 25 heavy (non-hydrogen) atoms. The first-order valence-corrected chi connectivity index (χ1v) is 9.37. The fraction of sp³-hybridized carbons (Fsp3) is 0.364. The lowest BCUT2D eigenvalue weighted by molar-refractivity contribution is 0.0338. The molecule has 0 aromatic heterocycles. The largest absolute Gasteiger partial charge is 0.381 e. The molecule has 1 saturated heterocycles. The highest BCUT2D eigenvalue weighted by atomic mass is 35.5. The van der Waals surface area contributed by atoms with Gasteiger partial charge in [-0.05, 0) is 47.6 Å². The van der Waals surface area contributed by atoms with Gasteiger partial charge in [-0.15, -0.1) is 0 Å². The Morgan fingerprint density at radius 2 is 1.84 bits per heavy atom. The van der Waals surface area contributed by atoms with Crippen LogP contribution < -0.4 is 5.32 Å². The molecule has 3 rings (SSSR count). The Kier molecular flexibility index (Phi) is 5.82. The molecule has 3 heteroatoms. The van der Waals surface area contributed by atoms with Crippen molar-refractivity contribution in [2.24, 2.45) is 5.92 Å². The Bertz CT molecular complexity index is 708. The van der Waals surface area contributed by atoms with Crippen LogP contribution in [0.1, 0.15) is 49.5 Å². The average Bonchev–Trinajstić information content (AvgIpc) is 3.02. The number of rotatable bonds is 6. The van der Waals surface area contributed by atoms with E-state index < -0.39 is 0 Å². The third-order valence-corrected chi connectivity index (χ3v) is 5.20. The summed E-state index contributed by atoms with van der Waals surface area (Å²) in [5.74, 6) is 0.571. The Morgan fingerprint density at radius 1 is 1.16 bits per heavy atom. The van der Waals surface area contributed by atoms with Crippen molar-refractivity contribution in [2.75, 3.05) is 0 Å².